The molecule has 1 saturated heterocycles. The number of carbonyl (C=O) groups is 2. The van der Waals surface area contributed by atoms with E-state index in [4.69, 9.17) is 23.2 Å². The lowest BCUT2D eigenvalue weighted by Crippen LogP contribution is -2.33. The van der Waals surface area contributed by atoms with Crippen LogP contribution in [0.4, 0.5) is 11.4 Å². The molecular weight excluding hydrogens is 409 g/mol. The van der Waals surface area contributed by atoms with Gasteiger partial charge in [-0.1, -0.05) is 53.5 Å². The Morgan fingerprint density at radius 2 is 1.69 bits per heavy atom. The van der Waals surface area contributed by atoms with Crippen molar-refractivity contribution >= 4 is 46.4 Å². The Morgan fingerprint density at radius 3 is 2.34 bits per heavy atom. The summed E-state index contributed by atoms with van der Waals surface area (Å²) in [5.41, 5.74) is 2.90. The summed E-state index contributed by atoms with van der Waals surface area (Å²) in [6.45, 7) is 3.77. The third kappa shape index (κ3) is 5.64. The van der Waals surface area contributed by atoms with Crippen LogP contribution in [0.15, 0.2) is 48.5 Å². The molecule has 1 heterocycles. The minimum absolute atomic E-state index is 0.147. The van der Waals surface area contributed by atoms with Gasteiger partial charge in [-0.05, 0) is 49.9 Å². The van der Waals surface area contributed by atoms with Crippen LogP contribution in [0, 0.1) is 0 Å². The molecule has 5 nitrogen and oxygen atoms in total. The van der Waals surface area contributed by atoms with Crippen LogP contribution in [0.5, 0.6) is 0 Å². The topological polar surface area (TPSA) is 61.4 Å². The number of carbonyl (C=O) groups excluding carboxylic acids is 2. The fourth-order valence-corrected chi connectivity index (χ4v) is 3.61. The van der Waals surface area contributed by atoms with E-state index in [9.17, 15) is 9.59 Å². The fraction of sp³-hybridized carbons (Fsp3) is 0.364. The molecule has 2 aromatic rings. The van der Waals surface area contributed by atoms with Gasteiger partial charge in [-0.2, -0.15) is 0 Å². The molecule has 1 unspecified atom stereocenters. The maximum Gasteiger partial charge on any atom is 0.257 e. The van der Waals surface area contributed by atoms with E-state index in [1.807, 2.05) is 43.3 Å². The molecule has 0 saturated carbocycles. The number of piperidine rings is 1. The van der Waals surface area contributed by atoms with Gasteiger partial charge < -0.3 is 15.5 Å². The number of amides is 2. The average molecular weight is 434 g/mol. The maximum absolute atomic E-state index is 13.2. The molecule has 2 N–H and O–H groups in total. The van der Waals surface area contributed by atoms with Gasteiger partial charge in [-0.25, -0.2) is 0 Å². The lowest BCUT2D eigenvalue weighted by atomic mass is 10.0. The predicted molar refractivity (Wildman–Crippen MR) is 119 cm³/mol. The van der Waals surface area contributed by atoms with Crippen molar-refractivity contribution in [2.45, 2.75) is 37.1 Å². The second kappa shape index (κ2) is 9.99. The number of halogens is 2. The summed E-state index contributed by atoms with van der Waals surface area (Å²) in [6.07, 6.45) is 3.39. The van der Waals surface area contributed by atoms with Crippen LogP contribution in [0.2, 0.25) is 0 Å². The van der Waals surface area contributed by atoms with Crippen molar-refractivity contribution in [1.29, 1.82) is 0 Å². The van der Waals surface area contributed by atoms with Crippen LogP contribution >= 0.6 is 23.2 Å². The van der Waals surface area contributed by atoms with Crippen molar-refractivity contribution in [3.05, 3.63) is 59.7 Å². The Morgan fingerprint density at radius 1 is 1.00 bits per heavy atom. The van der Waals surface area contributed by atoms with Gasteiger partial charge in [-0.3, -0.25) is 9.59 Å². The summed E-state index contributed by atoms with van der Waals surface area (Å²) >= 11 is 11.3. The first-order valence-electron chi connectivity index (χ1n) is 9.79. The largest absolute Gasteiger partial charge is 0.371 e. The minimum Gasteiger partial charge on any atom is -0.371 e. The highest BCUT2D eigenvalue weighted by atomic mass is 35.5. The second-order valence-corrected chi connectivity index (χ2v) is 8.27. The molecule has 0 bridgehead atoms. The second-order valence-electron chi connectivity index (χ2n) is 7.18. The molecule has 0 aliphatic carbocycles. The van der Waals surface area contributed by atoms with Crippen LogP contribution in [0.25, 0.3) is 0 Å². The number of hydrogen-bond donors (Lipinski definition) is 2. The number of nitrogens with one attached hydrogen (secondary N) is 2. The Balaban J connectivity index is 1.87. The number of hydrogen-bond acceptors (Lipinski definition) is 3. The zero-order chi connectivity index (χ0) is 20.8. The number of alkyl halides is 2. The summed E-state index contributed by atoms with van der Waals surface area (Å²) in [6, 6.07) is 15.0. The molecule has 2 amide bonds. The van der Waals surface area contributed by atoms with Crippen LogP contribution in [0.3, 0.4) is 0 Å². The predicted octanol–water partition coefficient (Wildman–Crippen LogP) is 4.91. The molecule has 0 aromatic heterocycles. The van der Waals surface area contributed by atoms with E-state index in [0.717, 1.165) is 37.2 Å². The molecule has 2 aromatic carbocycles. The minimum atomic E-state index is -1.17. The highest BCUT2D eigenvalue weighted by Crippen LogP contribution is 2.28. The number of benzene rings is 2. The standard InChI is InChI=1S/C22H25Cl2N3O2/c1-15(16-8-4-2-5-9-16)25-21(28)18-14-17(26-22(29)20(23)24)10-11-19(18)27-12-6-3-7-13-27/h2,4-5,8-11,14-15,20H,3,6-7,12-13H2,1H3,(H,25,28)(H,26,29). The molecule has 1 aliphatic rings. The van der Waals surface area contributed by atoms with Crippen LogP contribution in [0.1, 0.15) is 48.1 Å². The van der Waals surface area contributed by atoms with Gasteiger partial charge in [0.1, 0.15) is 0 Å². The quantitative estimate of drug-likeness (QED) is 0.636. The lowest BCUT2D eigenvalue weighted by Gasteiger charge is -2.31. The monoisotopic (exact) mass is 433 g/mol. The average Bonchev–Trinajstić information content (AvgIpc) is 2.74. The third-order valence-corrected chi connectivity index (χ3v) is 5.45. The van der Waals surface area contributed by atoms with Gasteiger partial charge in [0.25, 0.3) is 11.8 Å². The summed E-state index contributed by atoms with van der Waals surface area (Å²) in [7, 11) is 0. The molecule has 7 heteroatoms. The van der Waals surface area contributed by atoms with Gasteiger partial charge >= 0.3 is 0 Å². The highest BCUT2D eigenvalue weighted by molar-refractivity contribution is 6.54. The van der Waals surface area contributed by atoms with Gasteiger partial charge in [-0.15, -0.1) is 0 Å². The first-order valence-corrected chi connectivity index (χ1v) is 10.7. The van der Waals surface area contributed by atoms with Crippen molar-refractivity contribution in [3.63, 3.8) is 0 Å². The molecule has 1 atom stereocenters. The van der Waals surface area contributed by atoms with Crippen LogP contribution in [-0.4, -0.2) is 29.7 Å². The van der Waals surface area contributed by atoms with E-state index in [1.165, 1.54) is 6.42 Å². The van der Waals surface area contributed by atoms with Crippen LogP contribution < -0.4 is 15.5 Å². The van der Waals surface area contributed by atoms with Gasteiger partial charge in [0.2, 0.25) is 0 Å². The molecule has 0 spiro atoms. The zero-order valence-corrected chi connectivity index (χ0v) is 17.8. The Hall–Kier alpha value is -2.24. The highest BCUT2D eigenvalue weighted by Gasteiger charge is 2.21. The van der Waals surface area contributed by atoms with E-state index < -0.39 is 10.7 Å². The maximum atomic E-state index is 13.2. The van der Waals surface area contributed by atoms with Crippen molar-refractivity contribution in [2.75, 3.05) is 23.3 Å². The number of rotatable bonds is 6. The Labute approximate surface area is 181 Å². The Bertz CT molecular complexity index is 852. The molecule has 154 valence electrons. The molecular formula is C22H25Cl2N3O2. The van der Waals surface area contributed by atoms with E-state index >= 15 is 0 Å². The van der Waals surface area contributed by atoms with Crippen molar-refractivity contribution in [1.82, 2.24) is 5.32 Å². The van der Waals surface area contributed by atoms with E-state index in [-0.39, 0.29) is 11.9 Å². The van der Waals surface area contributed by atoms with Gasteiger partial charge in [0, 0.05) is 24.5 Å². The normalized spacial score (nSPS) is 15.1. The molecule has 1 aliphatic heterocycles. The van der Waals surface area contributed by atoms with Gasteiger partial charge in [0.15, 0.2) is 4.84 Å². The summed E-state index contributed by atoms with van der Waals surface area (Å²) < 4.78 is 0. The number of anilines is 2. The van der Waals surface area contributed by atoms with Crippen LogP contribution in [-0.2, 0) is 4.79 Å². The first-order chi connectivity index (χ1) is 14.0. The Kier molecular flexibility index (Phi) is 7.40. The van der Waals surface area contributed by atoms with E-state index in [0.29, 0.717) is 11.3 Å². The van der Waals surface area contributed by atoms with Gasteiger partial charge in [0.05, 0.1) is 11.6 Å². The van der Waals surface area contributed by atoms with E-state index in [2.05, 4.69) is 15.5 Å². The van der Waals surface area contributed by atoms with Crippen molar-refractivity contribution in [3.8, 4) is 0 Å². The molecule has 0 radical (unpaired) electrons. The summed E-state index contributed by atoms with van der Waals surface area (Å²) in [4.78, 5) is 26.1. The lowest BCUT2D eigenvalue weighted by molar-refractivity contribution is -0.114. The smallest absolute Gasteiger partial charge is 0.257 e. The summed E-state index contributed by atoms with van der Waals surface area (Å²) in [5, 5.41) is 5.72. The van der Waals surface area contributed by atoms with Crippen molar-refractivity contribution < 1.29 is 9.59 Å². The van der Waals surface area contributed by atoms with Crippen molar-refractivity contribution in [2.24, 2.45) is 0 Å². The fourth-order valence-electron chi connectivity index (χ4n) is 3.50. The summed E-state index contributed by atoms with van der Waals surface area (Å²) in [5.74, 6) is -0.714. The number of nitrogens with zero attached hydrogens (tertiary/aromatic N) is 1. The zero-order valence-electron chi connectivity index (χ0n) is 16.3. The first kappa shape index (κ1) is 21.5. The SMILES string of the molecule is CC(NC(=O)c1cc(NC(=O)C(Cl)Cl)ccc1N1CCCCC1)c1ccccc1. The molecule has 1 fully saturated rings. The molecule has 29 heavy (non-hydrogen) atoms. The molecule has 3 rings (SSSR count). The van der Waals surface area contributed by atoms with E-state index in [1.54, 1.807) is 12.1 Å². The third-order valence-electron chi connectivity index (χ3n) is 5.05.